The molecule has 3 rings (SSSR count). The van der Waals surface area contributed by atoms with Gasteiger partial charge in [-0.25, -0.2) is 9.97 Å². The number of halogens is 6. The summed E-state index contributed by atoms with van der Waals surface area (Å²) in [6.45, 7) is -0.330. The molecule has 3 aromatic rings. The molecule has 0 aliphatic rings. The van der Waals surface area contributed by atoms with Gasteiger partial charge in [-0.2, -0.15) is 41.3 Å². The lowest BCUT2D eigenvalue weighted by atomic mass is 10.3. The van der Waals surface area contributed by atoms with Gasteiger partial charge in [-0.05, 0) is 18.2 Å². The molecule has 3 N–H and O–H groups in total. The molecule has 31 heavy (non-hydrogen) atoms. The number of rotatable bonds is 6. The van der Waals surface area contributed by atoms with Gasteiger partial charge >= 0.3 is 12.4 Å². The van der Waals surface area contributed by atoms with Crippen molar-refractivity contribution in [3.8, 4) is 11.6 Å². The van der Waals surface area contributed by atoms with E-state index in [0.717, 1.165) is 12.4 Å². The second kappa shape index (κ2) is 8.63. The maximum atomic E-state index is 12.9. The fraction of sp³-hybridized carbons (Fsp3) is 0.250. The minimum absolute atomic E-state index is 0.0141. The second-order valence-electron chi connectivity index (χ2n) is 5.77. The van der Waals surface area contributed by atoms with Gasteiger partial charge in [0.25, 0.3) is 0 Å². The van der Waals surface area contributed by atoms with Crippen LogP contribution in [-0.4, -0.2) is 48.2 Å². The Kier molecular flexibility index (Phi) is 6.14. The maximum Gasteiger partial charge on any atom is 0.433 e. The number of aliphatic hydroxyl groups excluding tert-OH is 1. The number of aromatic nitrogens is 6. The molecule has 164 valence electrons. The molecule has 0 bridgehead atoms. The first-order valence-electron chi connectivity index (χ1n) is 8.38. The number of nitrogens with one attached hydrogen (secondary N) is 2. The number of nitrogens with zero attached hydrogens (tertiary/aromatic N) is 6. The van der Waals surface area contributed by atoms with E-state index in [4.69, 9.17) is 5.11 Å². The molecule has 0 spiro atoms. The third-order valence-electron chi connectivity index (χ3n) is 3.48. The van der Waals surface area contributed by atoms with Crippen molar-refractivity contribution in [2.24, 2.45) is 0 Å². The zero-order valence-electron chi connectivity index (χ0n) is 15.2. The van der Waals surface area contributed by atoms with Gasteiger partial charge in [0.15, 0.2) is 5.82 Å². The van der Waals surface area contributed by atoms with Crippen LogP contribution in [0.5, 0.6) is 0 Å². The van der Waals surface area contributed by atoms with Gasteiger partial charge in [-0.15, -0.1) is 0 Å². The molecule has 0 aliphatic carbocycles. The molecule has 15 heteroatoms. The smallest absolute Gasteiger partial charge is 0.395 e. The minimum atomic E-state index is -4.74. The minimum Gasteiger partial charge on any atom is -0.395 e. The number of hydrogen-bond donors (Lipinski definition) is 3. The van der Waals surface area contributed by atoms with Crippen LogP contribution in [0, 0.1) is 0 Å². The molecular formula is C16H12F6N8O. The second-order valence-corrected chi connectivity index (χ2v) is 5.77. The van der Waals surface area contributed by atoms with Crippen molar-refractivity contribution < 1.29 is 31.4 Å². The van der Waals surface area contributed by atoms with Crippen molar-refractivity contribution in [2.75, 3.05) is 23.8 Å². The first kappa shape index (κ1) is 22.1. The highest BCUT2D eigenvalue weighted by atomic mass is 19.4. The van der Waals surface area contributed by atoms with Crippen LogP contribution < -0.4 is 10.6 Å². The molecule has 0 radical (unpaired) electrons. The molecule has 0 atom stereocenters. The SMILES string of the molecule is OCCNc1nc(Nc2ccnc(C(F)(F)F)c2)nc(-c2nccc(C(F)(F)F)n2)n1. The topological polar surface area (TPSA) is 122 Å². The van der Waals surface area contributed by atoms with E-state index in [0.29, 0.717) is 12.1 Å². The summed E-state index contributed by atoms with van der Waals surface area (Å²) >= 11 is 0. The number of anilines is 3. The Labute approximate surface area is 169 Å². The van der Waals surface area contributed by atoms with Crippen molar-refractivity contribution >= 4 is 17.6 Å². The normalized spacial score (nSPS) is 12.0. The van der Waals surface area contributed by atoms with Gasteiger partial charge in [0.1, 0.15) is 11.4 Å². The Balaban J connectivity index is 2.00. The summed E-state index contributed by atoms with van der Waals surface area (Å²) in [5.74, 6) is -1.34. The first-order chi connectivity index (χ1) is 14.6. The summed E-state index contributed by atoms with van der Waals surface area (Å²) in [5.41, 5.74) is -2.49. The summed E-state index contributed by atoms with van der Waals surface area (Å²) in [7, 11) is 0. The fourth-order valence-corrected chi connectivity index (χ4v) is 2.20. The molecule has 0 fully saturated rings. The molecule has 0 amide bonds. The van der Waals surface area contributed by atoms with Crippen LogP contribution >= 0.6 is 0 Å². The Hall–Kier alpha value is -3.62. The summed E-state index contributed by atoms with van der Waals surface area (Å²) in [5, 5.41) is 14.0. The summed E-state index contributed by atoms with van der Waals surface area (Å²) in [4.78, 5) is 22.0. The van der Waals surface area contributed by atoms with Crippen LogP contribution in [0.2, 0.25) is 0 Å². The van der Waals surface area contributed by atoms with Crippen molar-refractivity contribution in [2.45, 2.75) is 12.4 Å². The number of alkyl halides is 6. The molecule has 0 saturated carbocycles. The maximum absolute atomic E-state index is 12.9. The Morgan fingerprint density at radius 3 is 2.13 bits per heavy atom. The molecule has 0 unspecified atom stereocenters. The molecule has 0 aromatic carbocycles. The molecular weight excluding hydrogens is 434 g/mol. The Morgan fingerprint density at radius 1 is 0.774 bits per heavy atom. The van der Waals surface area contributed by atoms with E-state index in [1.165, 1.54) is 6.07 Å². The van der Waals surface area contributed by atoms with Gasteiger partial charge < -0.3 is 15.7 Å². The van der Waals surface area contributed by atoms with Crippen molar-refractivity contribution in [3.63, 3.8) is 0 Å². The summed E-state index contributed by atoms with van der Waals surface area (Å²) in [6, 6.07) is 2.57. The van der Waals surface area contributed by atoms with Gasteiger partial charge in [0, 0.05) is 24.6 Å². The van der Waals surface area contributed by atoms with Gasteiger partial charge in [-0.1, -0.05) is 0 Å². The van der Waals surface area contributed by atoms with Crippen molar-refractivity contribution in [3.05, 3.63) is 42.0 Å². The molecule has 3 aromatic heterocycles. The highest BCUT2D eigenvalue weighted by molar-refractivity contribution is 5.57. The predicted octanol–water partition coefficient (Wildman–Crippen LogP) is 2.91. The Morgan fingerprint density at radius 2 is 1.45 bits per heavy atom. The summed E-state index contributed by atoms with van der Waals surface area (Å²) < 4.78 is 77.4. The zero-order valence-corrected chi connectivity index (χ0v) is 15.2. The first-order valence-corrected chi connectivity index (χ1v) is 8.38. The lowest BCUT2D eigenvalue weighted by Crippen LogP contribution is -2.13. The molecule has 9 nitrogen and oxygen atoms in total. The monoisotopic (exact) mass is 446 g/mol. The molecule has 0 aliphatic heterocycles. The average Bonchev–Trinajstić information content (AvgIpc) is 2.71. The van der Waals surface area contributed by atoms with Crippen LogP contribution in [-0.2, 0) is 12.4 Å². The highest BCUT2D eigenvalue weighted by Crippen LogP contribution is 2.30. The van der Waals surface area contributed by atoms with Crippen LogP contribution in [0.15, 0.2) is 30.6 Å². The number of hydrogen-bond acceptors (Lipinski definition) is 9. The molecule has 3 heterocycles. The van der Waals surface area contributed by atoms with E-state index < -0.39 is 29.6 Å². The Bertz CT molecular complexity index is 1060. The van der Waals surface area contributed by atoms with Crippen molar-refractivity contribution in [1.29, 1.82) is 0 Å². The average molecular weight is 446 g/mol. The van der Waals surface area contributed by atoms with E-state index >= 15 is 0 Å². The zero-order chi connectivity index (χ0) is 22.6. The fourth-order valence-electron chi connectivity index (χ4n) is 2.20. The van der Waals surface area contributed by atoms with Gasteiger partial charge in [0.2, 0.25) is 17.7 Å². The third-order valence-corrected chi connectivity index (χ3v) is 3.48. The van der Waals surface area contributed by atoms with Crippen molar-refractivity contribution in [1.82, 2.24) is 29.9 Å². The third kappa shape index (κ3) is 5.71. The van der Waals surface area contributed by atoms with E-state index in [-0.39, 0.29) is 36.6 Å². The van der Waals surface area contributed by atoms with Crippen LogP contribution in [0.1, 0.15) is 11.4 Å². The molecule has 0 saturated heterocycles. The van der Waals surface area contributed by atoms with E-state index in [9.17, 15) is 26.3 Å². The predicted molar refractivity (Wildman–Crippen MR) is 94.0 cm³/mol. The lowest BCUT2D eigenvalue weighted by molar-refractivity contribution is -0.141. The highest BCUT2D eigenvalue weighted by Gasteiger charge is 2.33. The van der Waals surface area contributed by atoms with Crippen LogP contribution in [0.25, 0.3) is 11.6 Å². The van der Waals surface area contributed by atoms with E-state index in [2.05, 4.69) is 40.5 Å². The number of pyridine rings is 1. The standard InChI is InChI=1S/C16H12F6N8O/c17-15(18,19)9-2-4-24-11(27-9)12-28-13(25-5-6-31)30-14(29-12)26-8-1-3-23-10(7-8)16(20,21)22/h1-4,7,31H,5-6H2,(H2,23,25,26,28,29,30). The number of aliphatic hydroxyl groups is 1. The van der Waals surface area contributed by atoms with Gasteiger partial charge in [-0.3, -0.25) is 4.98 Å². The quantitative estimate of drug-likeness (QED) is 0.491. The van der Waals surface area contributed by atoms with Crippen LogP contribution in [0.3, 0.4) is 0 Å². The van der Waals surface area contributed by atoms with Gasteiger partial charge in [0.05, 0.1) is 6.61 Å². The van der Waals surface area contributed by atoms with E-state index in [1.807, 2.05) is 0 Å². The summed E-state index contributed by atoms with van der Waals surface area (Å²) in [6.07, 6.45) is -7.66. The largest absolute Gasteiger partial charge is 0.433 e. The lowest BCUT2D eigenvalue weighted by Gasteiger charge is -2.11. The van der Waals surface area contributed by atoms with E-state index in [1.54, 1.807) is 0 Å². The van der Waals surface area contributed by atoms with Crippen LogP contribution in [0.4, 0.5) is 43.9 Å².